The van der Waals surface area contributed by atoms with Crippen LogP contribution in [0.4, 0.5) is 5.82 Å². The van der Waals surface area contributed by atoms with Crippen molar-refractivity contribution < 1.29 is 0 Å². The van der Waals surface area contributed by atoms with Crippen molar-refractivity contribution >= 4 is 5.82 Å². The lowest BCUT2D eigenvalue weighted by Crippen LogP contribution is -2.46. The average Bonchev–Trinajstić information content (AvgIpc) is 2.82. The summed E-state index contributed by atoms with van der Waals surface area (Å²) in [5, 5.41) is 13.3. The summed E-state index contributed by atoms with van der Waals surface area (Å²) in [5.74, 6) is 0.956. The van der Waals surface area contributed by atoms with Gasteiger partial charge in [0.25, 0.3) is 0 Å². The van der Waals surface area contributed by atoms with E-state index in [2.05, 4.69) is 39.8 Å². The van der Waals surface area contributed by atoms with Gasteiger partial charge in [-0.1, -0.05) is 0 Å². The summed E-state index contributed by atoms with van der Waals surface area (Å²) in [6.07, 6.45) is 1.64. The summed E-state index contributed by atoms with van der Waals surface area (Å²) >= 11 is 0. The number of nitriles is 1. The molecule has 0 spiro atoms. The van der Waals surface area contributed by atoms with Crippen molar-refractivity contribution in [2.45, 2.75) is 20.4 Å². The maximum atomic E-state index is 8.84. The number of aryl methyl sites for hydroxylation is 2. The maximum Gasteiger partial charge on any atom is 0.128 e. The molecule has 1 aliphatic heterocycles. The highest BCUT2D eigenvalue weighted by atomic mass is 15.3. The van der Waals surface area contributed by atoms with Crippen LogP contribution >= 0.6 is 0 Å². The molecule has 0 radical (unpaired) electrons. The van der Waals surface area contributed by atoms with Crippen LogP contribution < -0.4 is 4.90 Å². The fourth-order valence-electron chi connectivity index (χ4n) is 3.04. The van der Waals surface area contributed by atoms with Crippen LogP contribution in [0, 0.1) is 25.2 Å². The number of anilines is 1. The molecule has 0 bridgehead atoms. The molecule has 0 amide bonds. The molecule has 0 aromatic carbocycles. The minimum atomic E-state index is 0.606. The second-order valence-corrected chi connectivity index (χ2v) is 6.05. The van der Waals surface area contributed by atoms with Gasteiger partial charge >= 0.3 is 0 Å². The van der Waals surface area contributed by atoms with Crippen LogP contribution in [-0.2, 0) is 13.6 Å². The molecule has 6 heteroatoms. The predicted octanol–water partition coefficient (Wildman–Crippen LogP) is 1.63. The normalized spacial score (nSPS) is 15.7. The van der Waals surface area contributed by atoms with Gasteiger partial charge in [0, 0.05) is 57.2 Å². The third-order valence-corrected chi connectivity index (χ3v) is 4.61. The van der Waals surface area contributed by atoms with Gasteiger partial charge in [-0.15, -0.1) is 0 Å². The number of hydrogen-bond acceptors (Lipinski definition) is 5. The lowest BCUT2D eigenvalue weighted by atomic mass is 10.1. The topological polar surface area (TPSA) is 61.0 Å². The fraction of sp³-hybridized carbons (Fsp3) is 0.471. The lowest BCUT2D eigenvalue weighted by molar-refractivity contribution is 0.248. The molecule has 2 aromatic heterocycles. The Balaban J connectivity index is 1.61. The van der Waals surface area contributed by atoms with Gasteiger partial charge in [-0.2, -0.15) is 10.4 Å². The molecule has 0 aliphatic carbocycles. The zero-order chi connectivity index (χ0) is 16.4. The van der Waals surface area contributed by atoms with E-state index in [0.29, 0.717) is 5.56 Å². The molecule has 0 unspecified atom stereocenters. The molecule has 2 aromatic rings. The van der Waals surface area contributed by atoms with Gasteiger partial charge in [-0.05, 0) is 26.0 Å². The SMILES string of the molecule is Cc1nn(C)c(C)c1CN1CCN(c2ccc(C#N)cn2)CC1. The van der Waals surface area contributed by atoms with Crippen molar-refractivity contribution in [2.75, 3.05) is 31.1 Å². The summed E-state index contributed by atoms with van der Waals surface area (Å²) in [5.41, 5.74) is 4.33. The lowest BCUT2D eigenvalue weighted by Gasteiger charge is -2.35. The third kappa shape index (κ3) is 3.20. The van der Waals surface area contributed by atoms with E-state index in [9.17, 15) is 0 Å². The second-order valence-electron chi connectivity index (χ2n) is 6.05. The molecule has 23 heavy (non-hydrogen) atoms. The average molecular weight is 310 g/mol. The fourth-order valence-corrected chi connectivity index (χ4v) is 3.04. The smallest absolute Gasteiger partial charge is 0.128 e. The minimum Gasteiger partial charge on any atom is -0.354 e. The van der Waals surface area contributed by atoms with Crippen molar-refractivity contribution in [1.82, 2.24) is 19.7 Å². The zero-order valence-corrected chi connectivity index (χ0v) is 14.0. The summed E-state index contributed by atoms with van der Waals surface area (Å²) < 4.78 is 1.96. The summed E-state index contributed by atoms with van der Waals surface area (Å²) in [6.45, 7) is 9.10. The van der Waals surface area contributed by atoms with E-state index in [1.54, 1.807) is 6.20 Å². The van der Waals surface area contributed by atoms with Gasteiger partial charge in [0.1, 0.15) is 11.9 Å². The van der Waals surface area contributed by atoms with E-state index in [0.717, 1.165) is 44.2 Å². The Morgan fingerprint density at radius 1 is 1.17 bits per heavy atom. The number of piperazine rings is 1. The Hall–Kier alpha value is -2.39. The van der Waals surface area contributed by atoms with Gasteiger partial charge in [0.15, 0.2) is 0 Å². The van der Waals surface area contributed by atoms with E-state index in [1.165, 1.54) is 11.3 Å². The molecule has 3 heterocycles. The van der Waals surface area contributed by atoms with E-state index >= 15 is 0 Å². The first kappa shape index (κ1) is 15.5. The molecule has 3 rings (SSSR count). The molecule has 0 N–H and O–H groups in total. The molecule has 0 atom stereocenters. The van der Waals surface area contributed by atoms with Crippen LogP contribution in [-0.4, -0.2) is 45.8 Å². The molecular weight excluding hydrogens is 288 g/mol. The van der Waals surface area contributed by atoms with Crippen LogP contribution in [0.1, 0.15) is 22.5 Å². The number of hydrogen-bond donors (Lipinski definition) is 0. The number of aromatic nitrogens is 3. The molecule has 6 nitrogen and oxygen atoms in total. The molecule has 120 valence electrons. The van der Waals surface area contributed by atoms with Crippen molar-refractivity contribution in [2.24, 2.45) is 7.05 Å². The van der Waals surface area contributed by atoms with Gasteiger partial charge in [-0.25, -0.2) is 4.98 Å². The van der Waals surface area contributed by atoms with Crippen molar-refractivity contribution in [3.63, 3.8) is 0 Å². The summed E-state index contributed by atoms with van der Waals surface area (Å²) in [4.78, 5) is 9.13. The van der Waals surface area contributed by atoms with Gasteiger partial charge < -0.3 is 4.90 Å². The molecule has 1 fully saturated rings. The van der Waals surface area contributed by atoms with Crippen LogP contribution in [0.15, 0.2) is 18.3 Å². The number of pyridine rings is 1. The molecule has 0 saturated carbocycles. The van der Waals surface area contributed by atoms with E-state index in [4.69, 9.17) is 5.26 Å². The first-order chi connectivity index (χ1) is 11.1. The molecule has 1 saturated heterocycles. The van der Waals surface area contributed by atoms with Gasteiger partial charge in [-0.3, -0.25) is 9.58 Å². The summed E-state index contributed by atoms with van der Waals surface area (Å²) in [6, 6.07) is 5.87. The summed E-state index contributed by atoms with van der Waals surface area (Å²) in [7, 11) is 2.00. The van der Waals surface area contributed by atoms with Crippen molar-refractivity contribution in [3.05, 3.63) is 40.8 Å². The highest BCUT2D eigenvalue weighted by Crippen LogP contribution is 2.18. The van der Waals surface area contributed by atoms with Crippen LogP contribution in [0.2, 0.25) is 0 Å². The Morgan fingerprint density at radius 2 is 1.91 bits per heavy atom. The highest BCUT2D eigenvalue weighted by Gasteiger charge is 2.20. The predicted molar refractivity (Wildman–Crippen MR) is 89.1 cm³/mol. The van der Waals surface area contributed by atoms with E-state index in [1.807, 2.05) is 23.9 Å². The Morgan fingerprint density at radius 3 is 2.43 bits per heavy atom. The third-order valence-electron chi connectivity index (χ3n) is 4.61. The zero-order valence-electron chi connectivity index (χ0n) is 14.0. The Bertz CT molecular complexity index is 717. The number of nitrogens with zero attached hydrogens (tertiary/aromatic N) is 6. The van der Waals surface area contributed by atoms with Crippen LogP contribution in [0.3, 0.4) is 0 Å². The highest BCUT2D eigenvalue weighted by molar-refractivity contribution is 5.42. The van der Waals surface area contributed by atoms with Crippen molar-refractivity contribution in [1.29, 1.82) is 5.26 Å². The monoisotopic (exact) mass is 310 g/mol. The number of rotatable bonds is 3. The standard InChI is InChI=1S/C17H22N6/c1-13-16(14(2)21(3)20-13)12-22-6-8-23(9-7-22)17-5-4-15(10-18)11-19-17/h4-5,11H,6-9,12H2,1-3H3. The van der Waals surface area contributed by atoms with E-state index < -0.39 is 0 Å². The van der Waals surface area contributed by atoms with Gasteiger partial charge in [0.2, 0.25) is 0 Å². The van der Waals surface area contributed by atoms with E-state index in [-0.39, 0.29) is 0 Å². The first-order valence-electron chi connectivity index (χ1n) is 7.91. The Kier molecular flexibility index (Phi) is 4.30. The quantitative estimate of drug-likeness (QED) is 0.862. The van der Waals surface area contributed by atoms with Crippen LogP contribution in [0.5, 0.6) is 0 Å². The molecule has 1 aliphatic rings. The van der Waals surface area contributed by atoms with Crippen LogP contribution in [0.25, 0.3) is 0 Å². The van der Waals surface area contributed by atoms with Gasteiger partial charge in [0.05, 0.1) is 11.3 Å². The Labute approximate surface area is 137 Å². The molecular formula is C17H22N6. The first-order valence-corrected chi connectivity index (χ1v) is 7.91. The largest absolute Gasteiger partial charge is 0.354 e. The second kappa shape index (κ2) is 6.39. The minimum absolute atomic E-state index is 0.606. The maximum absolute atomic E-state index is 8.84. The van der Waals surface area contributed by atoms with Crippen molar-refractivity contribution in [3.8, 4) is 6.07 Å².